The molecule has 1 amide bonds. The Labute approximate surface area is 192 Å². The highest BCUT2D eigenvalue weighted by Crippen LogP contribution is 2.17. The lowest BCUT2D eigenvalue weighted by Gasteiger charge is -2.13. The molecule has 178 valence electrons. The van der Waals surface area contributed by atoms with Crippen molar-refractivity contribution in [3.63, 3.8) is 0 Å². The number of likely N-dealkylation sites (tertiary alicyclic amines) is 1. The summed E-state index contributed by atoms with van der Waals surface area (Å²) in [6.07, 6.45) is 6.71. The highest BCUT2D eigenvalue weighted by Gasteiger charge is 2.16. The molecule has 1 fully saturated rings. The van der Waals surface area contributed by atoms with Gasteiger partial charge in [0.2, 0.25) is 6.41 Å². The number of aliphatic hydroxyl groups is 1. The minimum atomic E-state index is -0.328. The number of hydrogen-bond donors (Lipinski definition) is 3. The predicted molar refractivity (Wildman–Crippen MR) is 129 cm³/mol. The number of carbonyl (C=O) groups is 2. The van der Waals surface area contributed by atoms with Crippen molar-refractivity contribution in [2.75, 3.05) is 13.2 Å². The van der Waals surface area contributed by atoms with E-state index >= 15 is 0 Å². The van der Waals surface area contributed by atoms with Crippen LogP contribution in [-0.4, -0.2) is 58.4 Å². The van der Waals surface area contributed by atoms with Gasteiger partial charge in [0.25, 0.3) is 0 Å². The molecule has 3 unspecified atom stereocenters. The summed E-state index contributed by atoms with van der Waals surface area (Å²) in [5.41, 5.74) is 13.0. The maximum absolute atomic E-state index is 10.1. The van der Waals surface area contributed by atoms with E-state index in [0.29, 0.717) is 23.8 Å². The van der Waals surface area contributed by atoms with Gasteiger partial charge < -0.3 is 26.3 Å². The van der Waals surface area contributed by atoms with Crippen LogP contribution in [0.4, 0.5) is 0 Å². The van der Waals surface area contributed by atoms with E-state index in [2.05, 4.69) is 30.7 Å². The van der Waals surface area contributed by atoms with Crippen LogP contribution < -0.4 is 11.5 Å². The fourth-order valence-electron chi connectivity index (χ4n) is 2.55. The number of aliphatic hydroxyl groups excluding tert-OH is 1. The number of amides is 1. The second kappa shape index (κ2) is 16.9. The zero-order valence-corrected chi connectivity index (χ0v) is 19.7. The van der Waals surface area contributed by atoms with Crippen LogP contribution in [0.5, 0.6) is 0 Å². The minimum Gasteiger partial charge on any atom is -0.394 e. The summed E-state index contributed by atoms with van der Waals surface area (Å²) in [5, 5.41) is 8.92. The number of nitrogens with zero attached hydrogens (tertiary/aromatic N) is 3. The molecule has 1 aliphatic rings. The lowest BCUT2D eigenvalue weighted by Crippen LogP contribution is -2.24. The molecule has 0 radical (unpaired) electrons. The van der Waals surface area contributed by atoms with Crippen molar-refractivity contribution in [2.24, 2.45) is 17.4 Å². The standard InChI is InChI=1S/C12H13N3O.C6H11NO.C5H13N.CH2O/c13-11(8-16)9-2-4-10(5-3-9)12-14-6-1-7-15-12;1-6-3-2-4-7(6)5-8;1-4(2)5(3)6;1-2/h1-7,11,16H,8,13H2;5-6H,2-4H2,1H3;4-5H,6H2,1-3H3;1H2. The van der Waals surface area contributed by atoms with Crippen molar-refractivity contribution in [1.29, 1.82) is 0 Å². The van der Waals surface area contributed by atoms with Crippen molar-refractivity contribution >= 4 is 13.2 Å². The lowest BCUT2D eigenvalue weighted by molar-refractivity contribution is -0.118. The quantitative estimate of drug-likeness (QED) is 0.602. The van der Waals surface area contributed by atoms with Gasteiger partial charge in [0.05, 0.1) is 12.6 Å². The van der Waals surface area contributed by atoms with E-state index in [-0.39, 0.29) is 12.6 Å². The molecule has 0 saturated carbocycles. The Bertz CT molecular complexity index is 720. The number of hydrogen-bond acceptors (Lipinski definition) is 7. The first-order valence-corrected chi connectivity index (χ1v) is 10.8. The highest BCUT2D eigenvalue weighted by atomic mass is 16.3. The van der Waals surface area contributed by atoms with Crippen LogP contribution in [0.25, 0.3) is 11.4 Å². The molecule has 8 nitrogen and oxygen atoms in total. The molecule has 3 atom stereocenters. The molecule has 3 rings (SSSR count). The third-order valence-corrected chi connectivity index (χ3v) is 5.15. The highest BCUT2D eigenvalue weighted by molar-refractivity contribution is 5.55. The molecule has 5 N–H and O–H groups in total. The van der Waals surface area contributed by atoms with E-state index < -0.39 is 0 Å². The molecule has 0 bridgehead atoms. The molecule has 2 heterocycles. The summed E-state index contributed by atoms with van der Waals surface area (Å²) in [6.45, 7) is 11.2. The van der Waals surface area contributed by atoms with Crippen LogP contribution in [0, 0.1) is 5.92 Å². The SMILES string of the molecule is C=O.CC(C)C(C)N.CC1CCCN1C=O.NC(CO)c1ccc(-c2ncccn2)cc1. The van der Waals surface area contributed by atoms with Crippen LogP contribution in [0.3, 0.4) is 0 Å². The zero-order chi connectivity index (χ0) is 24.5. The van der Waals surface area contributed by atoms with Gasteiger partial charge in [-0.25, -0.2) is 9.97 Å². The molecule has 0 spiro atoms. The van der Waals surface area contributed by atoms with Crippen molar-refractivity contribution in [1.82, 2.24) is 14.9 Å². The van der Waals surface area contributed by atoms with E-state index in [1.807, 2.05) is 42.9 Å². The monoisotopic (exact) mass is 445 g/mol. The van der Waals surface area contributed by atoms with Crippen LogP contribution in [0.2, 0.25) is 0 Å². The van der Waals surface area contributed by atoms with Crippen molar-refractivity contribution in [2.45, 2.75) is 58.7 Å². The molecular formula is C24H39N5O3. The predicted octanol–water partition coefficient (Wildman–Crippen LogP) is 2.57. The Hall–Kier alpha value is -2.68. The molecule has 1 aromatic carbocycles. The first kappa shape index (κ1) is 29.3. The lowest BCUT2D eigenvalue weighted by atomic mass is 10.1. The molecule has 1 saturated heterocycles. The van der Waals surface area contributed by atoms with Gasteiger partial charge in [-0.3, -0.25) is 4.79 Å². The average Bonchev–Trinajstić information content (AvgIpc) is 3.26. The topological polar surface area (TPSA) is 135 Å². The fourth-order valence-corrected chi connectivity index (χ4v) is 2.55. The van der Waals surface area contributed by atoms with Crippen LogP contribution >= 0.6 is 0 Å². The number of carbonyl (C=O) groups excluding carboxylic acids is 2. The van der Waals surface area contributed by atoms with Gasteiger partial charge >= 0.3 is 0 Å². The summed E-state index contributed by atoms with van der Waals surface area (Å²) in [6, 6.07) is 9.86. The summed E-state index contributed by atoms with van der Waals surface area (Å²) >= 11 is 0. The Morgan fingerprint density at radius 1 is 1.16 bits per heavy atom. The van der Waals surface area contributed by atoms with Gasteiger partial charge in [0.15, 0.2) is 5.82 Å². The van der Waals surface area contributed by atoms with Crippen LogP contribution in [0.15, 0.2) is 42.7 Å². The van der Waals surface area contributed by atoms with E-state index in [9.17, 15) is 4.79 Å². The Kier molecular flexibility index (Phi) is 15.5. The first-order chi connectivity index (χ1) is 15.3. The maximum atomic E-state index is 10.1. The zero-order valence-electron chi connectivity index (χ0n) is 19.7. The molecule has 2 aromatic rings. The molecule has 32 heavy (non-hydrogen) atoms. The Balaban J connectivity index is 0.000000503. The third-order valence-electron chi connectivity index (χ3n) is 5.15. The maximum Gasteiger partial charge on any atom is 0.209 e. The van der Waals surface area contributed by atoms with Crippen LogP contribution in [-0.2, 0) is 9.59 Å². The summed E-state index contributed by atoms with van der Waals surface area (Å²) in [7, 11) is 0. The van der Waals surface area contributed by atoms with Gasteiger partial charge in [-0.1, -0.05) is 38.1 Å². The molecular weight excluding hydrogens is 406 g/mol. The van der Waals surface area contributed by atoms with Crippen LogP contribution in [0.1, 0.15) is 52.1 Å². The van der Waals surface area contributed by atoms with Gasteiger partial charge in [-0.05, 0) is 44.2 Å². The summed E-state index contributed by atoms with van der Waals surface area (Å²) in [5.74, 6) is 1.32. The largest absolute Gasteiger partial charge is 0.394 e. The molecule has 1 aromatic heterocycles. The Morgan fingerprint density at radius 2 is 1.69 bits per heavy atom. The Morgan fingerprint density at radius 3 is 2.03 bits per heavy atom. The fraction of sp³-hybridized carbons (Fsp3) is 0.500. The number of rotatable bonds is 5. The number of nitrogens with two attached hydrogens (primary N) is 2. The van der Waals surface area contributed by atoms with E-state index in [0.717, 1.165) is 24.1 Å². The van der Waals surface area contributed by atoms with Crippen molar-refractivity contribution < 1.29 is 14.7 Å². The van der Waals surface area contributed by atoms with Crippen molar-refractivity contribution in [3.05, 3.63) is 48.3 Å². The van der Waals surface area contributed by atoms with Gasteiger partial charge in [0, 0.05) is 36.6 Å². The summed E-state index contributed by atoms with van der Waals surface area (Å²) in [4.78, 5) is 28.3. The first-order valence-electron chi connectivity index (χ1n) is 10.8. The molecule has 8 heteroatoms. The number of aromatic nitrogens is 2. The van der Waals surface area contributed by atoms with E-state index in [1.54, 1.807) is 18.5 Å². The van der Waals surface area contributed by atoms with Gasteiger partial charge in [-0.15, -0.1) is 0 Å². The van der Waals surface area contributed by atoms with E-state index in [1.165, 1.54) is 12.8 Å². The average molecular weight is 446 g/mol. The van der Waals surface area contributed by atoms with Crippen molar-refractivity contribution in [3.8, 4) is 11.4 Å². The normalized spacial score (nSPS) is 16.4. The van der Waals surface area contributed by atoms with E-state index in [4.69, 9.17) is 21.4 Å². The van der Waals surface area contributed by atoms with Gasteiger partial charge in [0.1, 0.15) is 6.79 Å². The molecule has 1 aliphatic heterocycles. The minimum absolute atomic E-state index is 0.0544. The molecule has 0 aliphatic carbocycles. The van der Waals surface area contributed by atoms with Gasteiger partial charge in [-0.2, -0.15) is 0 Å². The second-order valence-corrected chi connectivity index (χ2v) is 7.92. The number of benzene rings is 1. The second-order valence-electron chi connectivity index (χ2n) is 7.92. The third kappa shape index (κ3) is 11.1. The smallest absolute Gasteiger partial charge is 0.209 e. The summed E-state index contributed by atoms with van der Waals surface area (Å²) < 4.78 is 0.